The monoisotopic (exact) mass is 187 g/mol. The molecule has 0 saturated carbocycles. The first kappa shape index (κ1) is 12.2. The third-order valence-electron chi connectivity index (χ3n) is 1.86. The lowest BCUT2D eigenvalue weighted by atomic mass is 10.3. The molecule has 0 radical (unpaired) electrons. The molecule has 0 aromatic rings. The molecule has 0 heterocycles. The van der Waals surface area contributed by atoms with Crippen LogP contribution < -0.4 is 10.6 Å². The summed E-state index contributed by atoms with van der Waals surface area (Å²) in [5.41, 5.74) is 0. The van der Waals surface area contributed by atoms with Crippen molar-refractivity contribution >= 4 is 6.03 Å². The van der Waals surface area contributed by atoms with Crippen molar-refractivity contribution in [1.29, 1.82) is 0 Å². The van der Waals surface area contributed by atoms with E-state index in [1.807, 2.05) is 27.9 Å². The maximum absolute atomic E-state index is 11.1. The van der Waals surface area contributed by atoms with E-state index in [9.17, 15) is 4.79 Å². The molecule has 1 unspecified atom stereocenters. The average molecular weight is 187 g/mol. The molecular weight excluding hydrogens is 166 g/mol. The second-order valence-corrected chi connectivity index (χ2v) is 3.82. The van der Waals surface area contributed by atoms with E-state index < -0.39 is 0 Å². The summed E-state index contributed by atoms with van der Waals surface area (Å²) in [5, 5.41) is 5.57. The van der Waals surface area contributed by atoms with E-state index >= 15 is 0 Å². The fourth-order valence-corrected chi connectivity index (χ4v) is 0.736. The fraction of sp³-hybridized carbons (Fsp3) is 0.889. The molecule has 0 bridgehead atoms. The van der Waals surface area contributed by atoms with Gasteiger partial charge < -0.3 is 15.5 Å². The van der Waals surface area contributed by atoms with E-state index in [2.05, 4.69) is 22.5 Å². The Balaban J connectivity index is 3.58. The van der Waals surface area contributed by atoms with Gasteiger partial charge in [-0.2, -0.15) is 0 Å². The lowest BCUT2D eigenvalue weighted by Crippen LogP contribution is -2.44. The zero-order valence-electron chi connectivity index (χ0n) is 9.22. The predicted molar refractivity (Wildman–Crippen MR) is 54.8 cm³/mol. The van der Waals surface area contributed by atoms with Gasteiger partial charge in [0.05, 0.1) is 0 Å². The van der Waals surface area contributed by atoms with Gasteiger partial charge in [0.1, 0.15) is 0 Å². The van der Waals surface area contributed by atoms with Crippen LogP contribution >= 0.6 is 0 Å². The second kappa shape index (κ2) is 5.80. The van der Waals surface area contributed by atoms with Crippen molar-refractivity contribution in [2.45, 2.75) is 32.9 Å². The summed E-state index contributed by atoms with van der Waals surface area (Å²) < 4.78 is 0. The molecule has 4 nitrogen and oxygen atoms in total. The number of carbonyl (C=O) groups excluding carboxylic acids is 1. The van der Waals surface area contributed by atoms with Crippen LogP contribution in [0, 0.1) is 0 Å². The maximum Gasteiger partial charge on any atom is 0.315 e. The van der Waals surface area contributed by atoms with Gasteiger partial charge >= 0.3 is 6.03 Å². The van der Waals surface area contributed by atoms with Crippen molar-refractivity contribution in [3.63, 3.8) is 0 Å². The van der Waals surface area contributed by atoms with Crippen LogP contribution in [0.1, 0.15) is 20.8 Å². The SMILES string of the molecule is CC(C)NC(=O)NCC(C)N(C)C. The van der Waals surface area contributed by atoms with E-state index in [0.29, 0.717) is 12.6 Å². The first-order valence-electron chi connectivity index (χ1n) is 4.64. The minimum Gasteiger partial charge on any atom is -0.337 e. The van der Waals surface area contributed by atoms with Crippen LogP contribution in [0.5, 0.6) is 0 Å². The van der Waals surface area contributed by atoms with Gasteiger partial charge in [-0.25, -0.2) is 4.79 Å². The Bertz CT molecular complexity index is 157. The van der Waals surface area contributed by atoms with Gasteiger partial charge in [0.25, 0.3) is 0 Å². The fourth-order valence-electron chi connectivity index (χ4n) is 0.736. The van der Waals surface area contributed by atoms with Gasteiger partial charge in [-0.15, -0.1) is 0 Å². The van der Waals surface area contributed by atoms with E-state index in [-0.39, 0.29) is 12.1 Å². The molecular formula is C9H21N3O. The highest BCUT2D eigenvalue weighted by Gasteiger charge is 2.06. The molecule has 2 amide bonds. The van der Waals surface area contributed by atoms with E-state index in [1.165, 1.54) is 0 Å². The molecule has 0 aliphatic heterocycles. The molecule has 0 fully saturated rings. The Morgan fingerprint density at radius 2 is 1.85 bits per heavy atom. The molecule has 1 atom stereocenters. The van der Waals surface area contributed by atoms with Crippen LogP contribution in [0.15, 0.2) is 0 Å². The zero-order valence-corrected chi connectivity index (χ0v) is 9.22. The number of urea groups is 1. The summed E-state index contributed by atoms with van der Waals surface area (Å²) in [6.07, 6.45) is 0. The normalized spacial score (nSPS) is 13.2. The summed E-state index contributed by atoms with van der Waals surface area (Å²) in [7, 11) is 3.99. The highest BCUT2D eigenvalue weighted by Crippen LogP contribution is 1.88. The highest BCUT2D eigenvalue weighted by molar-refractivity contribution is 5.74. The summed E-state index contributed by atoms with van der Waals surface area (Å²) in [5.74, 6) is 0. The van der Waals surface area contributed by atoms with E-state index in [0.717, 1.165) is 0 Å². The number of likely N-dealkylation sites (N-methyl/N-ethyl adjacent to an activating group) is 1. The summed E-state index contributed by atoms with van der Waals surface area (Å²) >= 11 is 0. The number of amides is 2. The van der Waals surface area contributed by atoms with E-state index in [1.54, 1.807) is 0 Å². The van der Waals surface area contributed by atoms with Crippen LogP contribution in [0.25, 0.3) is 0 Å². The van der Waals surface area contributed by atoms with Gasteiger partial charge in [0.15, 0.2) is 0 Å². The minimum absolute atomic E-state index is 0.0938. The molecule has 0 aromatic carbocycles. The van der Waals surface area contributed by atoms with Crippen molar-refractivity contribution in [3.8, 4) is 0 Å². The molecule has 2 N–H and O–H groups in total. The highest BCUT2D eigenvalue weighted by atomic mass is 16.2. The number of rotatable bonds is 4. The maximum atomic E-state index is 11.1. The number of hydrogen-bond acceptors (Lipinski definition) is 2. The largest absolute Gasteiger partial charge is 0.337 e. The van der Waals surface area contributed by atoms with Gasteiger partial charge in [-0.3, -0.25) is 0 Å². The molecule has 0 rings (SSSR count). The van der Waals surface area contributed by atoms with Crippen molar-refractivity contribution in [2.24, 2.45) is 0 Å². The van der Waals surface area contributed by atoms with Crippen LogP contribution in [0.3, 0.4) is 0 Å². The quantitative estimate of drug-likeness (QED) is 0.678. The number of carbonyl (C=O) groups is 1. The Labute approximate surface area is 80.7 Å². The standard InChI is InChI=1S/C9H21N3O/c1-7(2)11-9(13)10-6-8(3)12(4)5/h7-8H,6H2,1-5H3,(H2,10,11,13). The van der Waals surface area contributed by atoms with Gasteiger partial charge in [0.2, 0.25) is 0 Å². The third kappa shape index (κ3) is 6.40. The smallest absolute Gasteiger partial charge is 0.315 e. The molecule has 0 saturated heterocycles. The van der Waals surface area contributed by atoms with Gasteiger partial charge in [-0.1, -0.05) is 0 Å². The minimum atomic E-state index is -0.0938. The Morgan fingerprint density at radius 3 is 2.23 bits per heavy atom. The summed E-state index contributed by atoms with van der Waals surface area (Å²) in [6.45, 7) is 6.62. The van der Waals surface area contributed by atoms with Crippen LogP contribution in [0.2, 0.25) is 0 Å². The first-order chi connectivity index (χ1) is 5.93. The molecule has 4 heteroatoms. The topological polar surface area (TPSA) is 44.4 Å². The third-order valence-corrected chi connectivity index (χ3v) is 1.86. The molecule has 78 valence electrons. The zero-order chi connectivity index (χ0) is 10.4. The van der Waals surface area contributed by atoms with Gasteiger partial charge in [-0.05, 0) is 34.9 Å². The van der Waals surface area contributed by atoms with E-state index in [4.69, 9.17) is 0 Å². The van der Waals surface area contributed by atoms with Crippen LogP contribution in [0.4, 0.5) is 4.79 Å². The molecule has 0 aliphatic carbocycles. The first-order valence-corrected chi connectivity index (χ1v) is 4.64. The van der Waals surface area contributed by atoms with Crippen molar-refractivity contribution in [1.82, 2.24) is 15.5 Å². The van der Waals surface area contributed by atoms with Crippen molar-refractivity contribution in [2.75, 3.05) is 20.6 Å². The Kier molecular flexibility index (Phi) is 5.46. The lowest BCUT2D eigenvalue weighted by Gasteiger charge is -2.20. The van der Waals surface area contributed by atoms with Gasteiger partial charge in [0, 0.05) is 18.6 Å². The lowest BCUT2D eigenvalue weighted by molar-refractivity contribution is 0.232. The second-order valence-electron chi connectivity index (χ2n) is 3.82. The molecule has 13 heavy (non-hydrogen) atoms. The predicted octanol–water partition coefficient (Wildman–Crippen LogP) is 0.644. The van der Waals surface area contributed by atoms with Crippen molar-refractivity contribution < 1.29 is 4.79 Å². The molecule has 0 spiro atoms. The molecule has 0 aliphatic rings. The summed E-state index contributed by atoms with van der Waals surface area (Å²) in [4.78, 5) is 13.2. The van der Waals surface area contributed by atoms with Crippen LogP contribution in [-0.4, -0.2) is 43.7 Å². The van der Waals surface area contributed by atoms with Crippen molar-refractivity contribution in [3.05, 3.63) is 0 Å². The Hall–Kier alpha value is -0.770. The molecule has 0 aromatic heterocycles. The van der Waals surface area contributed by atoms with Crippen LogP contribution in [-0.2, 0) is 0 Å². The average Bonchev–Trinajstić information content (AvgIpc) is 1.98. The number of nitrogens with zero attached hydrogens (tertiary/aromatic N) is 1. The summed E-state index contributed by atoms with van der Waals surface area (Å²) in [6, 6.07) is 0.455. The number of nitrogens with one attached hydrogen (secondary N) is 2. The number of hydrogen-bond donors (Lipinski definition) is 2. The Morgan fingerprint density at radius 1 is 1.31 bits per heavy atom.